The summed E-state index contributed by atoms with van der Waals surface area (Å²) in [6.45, 7) is 7.15. The molecule has 1 heterocycles. The van der Waals surface area contributed by atoms with Crippen LogP contribution in [0.1, 0.15) is 24.0 Å². The number of hydrogen-bond acceptors (Lipinski definition) is 4. The maximum Gasteiger partial charge on any atom is 0.222 e. The number of amides is 1. The Morgan fingerprint density at radius 2 is 1.64 bits per heavy atom. The molecule has 0 aromatic heterocycles. The predicted molar refractivity (Wildman–Crippen MR) is 111 cm³/mol. The SMILES string of the molecule is COc1ccc(OCCCC(=O)N2CCN(Cc3ccccc3C)CC2)cc1. The maximum absolute atomic E-state index is 12.4. The van der Waals surface area contributed by atoms with Crippen LogP contribution in [-0.4, -0.2) is 55.6 Å². The molecule has 0 bridgehead atoms. The molecule has 2 aromatic rings. The number of piperazine rings is 1. The van der Waals surface area contributed by atoms with Gasteiger partial charge < -0.3 is 14.4 Å². The lowest BCUT2D eigenvalue weighted by Crippen LogP contribution is -2.48. The first kappa shape index (κ1) is 20.2. The first-order chi connectivity index (χ1) is 13.7. The molecule has 150 valence electrons. The van der Waals surface area contributed by atoms with E-state index in [9.17, 15) is 4.79 Å². The number of benzene rings is 2. The van der Waals surface area contributed by atoms with Gasteiger partial charge in [0.2, 0.25) is 5.91 Å². The van der Waals surface area contributed by atoms with Gasteiger partial charge in [-0.25, -0.2) is 0 Å². The van der Waals surface area contributed by atoms with E-state index in [1.54, 1.807) is 7.11 Å². The normalized spacial score (nSPS) is 14.7. The lowest BCUT2D eigenvalue weighted by molar-refractivity contribution is -0.133. The molecule has 1 aliphatic rings. The number of methoxy groups -OCH3 is 1. The van der Waals surface area contributed by atoms with Crippen LogP contribution < -0.4 is 9.47 Å². The Kier molecular flexibility index (Phi) is 7.31. The third kappa shape index (κ3) is 5.73. The molecule has 0 radical (unpaired) electrons. The molecule has 3 rings (SSSR count). The van der Waals surface area contributed by atoms with Crippen molar-refractivity contribution in [2.75, 3.05) is 39.9 Å². The number of rotatable bonds is 8. The fraction of sp³-hybridized carbons (Fsp3) is 0.435. The summed E-state index contributed by atoms with van der Waals surface area (Å²) in [6, 6.07) is 16.0. The molecule has 0 unspecified atom stereocenters. The Morgan fingerprint density at radius 1 is 0.964 bits per heavy atom. The summed E-state index contributed by atoms with van der Waals surface area (Å²) in [5.74, 6) is 1.84. The second kappa shape index (κ2) is 10.1. The summed E-state index contributed by atoms with van der Waals surface area (Å²) in [5.41, 5.74) is 2.70. The maximum atomic E-state index is 12.4. The van der Waals surface area contributed by atoms with Gasteiger partial charge in [0.05, 0.1) is 13.7 Å². The molecule has 1 saturated heterocycles. The molecule has 0 aliphatic carbocycles. The molecule has 0 atom stereocenters. The summed E-state index contributed by atoms with van der Waals surface area (Å²) in [6.07, 6.45) is 1.27. The van der Waals surface area contributed by atoms with Crippen molar-refractivity contribution in [2.45, 2.75) is 26.3 Å². The Bertz CT molecular complexity index is 753. The third-order valence-corrected chi connectivity index (χ3v) is 5.24. The van der Waals surface area contributed by atoms with E-state index in [2.05, 4.69) is 36.1 Å². The van der Waals surface area contributed by atoms with Gasteiger partial charge in [0.25, 0.3) is 0 Å². The quantitative estimate of drug-likeness (QED) is 0.655. The molecule has 1 amide bonds. The second-order valence-corrected chi connectivity index (χ2v) is 7.21. The number of aryl methyl sites for hydroxylation is 1. The molecule has 1 fully saturated rings. The number of ether oxygens (including phenoxy) is 2. The van der Waals surface area contributed by atoms with Crippen molar-refractivity contribution in [3.8, 4) is 11.5 Å². The molecule has 5 heteroatoms. The van der Waals surface area contributed by atoms with E-state index in [-0.39, 0.29) is 5.91 Å². The van der Waals surface area contributed by atoms with Crippen molar-refractivity contribution < 1.29 is 14.3 Å². The van der Waals surface area contributed by atoms with Crippen molar-refractivity contribution in [3.05, 3.63) is 59.7 Å². The highest BCUT2D eigenvalue weighted by atomic mass is 16.5. The van der Waals surface area contributed by atoms with Crippen LogP contribution in [0.4, 0.5) is 0 Å². The lowest BCUT2D eigenvalue weighted by Gasteiger charge is -2.35. The Balaban J connectivity index is 1.34. The first-order valence-electron chi connectivity index (χ1n) is 9.97. The molecule has 2 aromatic carbocycles. The van der Waals surface area contributed by atoms with Crippen LogP contribution in [0.2, 0.25) is 0 Å². The van der Waals surface area contributed by atoms with E-state index in [1.165, 1.54) is 11.1 Å². The van der Waals surface area contributed by atoms with Crippen molar-refractivity contribution in [1.29, 1.82) is 0 Å². The number of nitrogens with zero attached hydrogens (tertiary/aromatic N) is 2. The van der Waals surface area contributed by atoms with E-state index < -0.39 is 0 Å². The summed E-state index contributed by atoms with van der Waals surface area (Å²) in [7, 11) is 1.64. The molecule has 0 saturated carbocycles. The van der Waals surface area contributed by atoms with Crippen LogP contribution >= 0.6 is 0 Å². The average molecular weight is 383 g/mol. The topological polar surface area (TPSA) is 42.0 Å². The van der Waals surface area contributed by atoms with Gasteiger partial charge in [0.1, 0.15) is 11.5 Å². The highest BCUT2D eigenvalue weighted by Gasteiger charge is 2.21. The van der Waals surface area contributed by atoms with Crippen molar-refractivity contribution in [1.82, 2.24) is 9.80 Å². The fourth-order valence-corrected chi connectivity index (χ4v) is 3.43. The summed E-state index contributed by atoms with van der Waals surface area (Å²) < 4.78 is 10.8. The van der Waals surface area contributed by atoms with E-state index in [0.717, 1.165) is 50.6 Å². The molecular weight excluding hydrogens is 352 g/mol. The number of carbonyl (C=O) groups is 1. The second-order valence-electron chi connectivity index (χ2n) is 7.21. The van der Waals surface area contributed by atoms with Gasteiger partial charge in [-0.1, -0.05) is 24.3 Å². The Morgan fingerprint density at radius 3 is 2.32 bits per heavy atom. The Hall–Kier alpha value is -2.53. The van der Waals surface area contributed by atoms with Gasteiger partial charge in [-0.05, 0) is 48.7 Å². The standard InChI is InChI=1S/C23H30N2O3/c1-19-6-3-4-7-20(19)18-24-13-15-25(16-14-24)23(26)8-5-17-28-22-11-9-21(27-2)10-12-22/h3-4,6-7,9-12H,5,8,13-18H2,1-2H3. The van der Waals surface area contributed by atoms with Gasteiger partial charge in [0, 0.05) is 39.1 Å². The zero-order valence-electron chi connectivity index (χ0n) is 16.9. The summed E-state index contributed by atoms with van der Waals surface area (Å²) >= 11 is 0. The predicted octanol–water partition coefficient (Wildman–Crippen LogP) is 3.51. The van der Waals surface area contributed by atoms with Crippen LogP contribution in [0.5, 0.6) is 11.5 Å². The van der Waals surface area contributed by atoms with E-state index in [4.69, 9.17) is 9.47 Å². The van der Waals surface area contributed by atoms with Gasteiger partial charge in [-0.2, -0.15) is 0 Å². The molecule has 5 nitrogen and oxygen atoms in total. The van der Waals surface area contributed by atoms with E-state index >= 15 is 0 Å². The first-order valence-corrected chi connectivity index (χ1v) is 9.97. The highest BCUT2D eigenvalue weighted by Crippen LogP contribution is 2.17. The van der Waals surface area contributed by atoms with Crippen LogP contribution in [0.25, 0.3) is 0 Å². The minimum Gasteiger partial charge on any atom is -0.497 e. The van der Waals surface area contributed by atoms with Gasteiger partial charge >= 0.3 is 0 Å². The molecule has 0 spiro atoms. The summed E-state index contributed by atoms with van der Waals surface area (Å²) in [4.78, 5) is 16.9. The third-order valence-electron chi connectivity index (χ3n) is 5.24. The molecule has 0 N–H and O–H groups in total. The van der Waals surface area contributed by atoms with Gasteiger partial charge in [-0.3, -0.25) is 9.69 Å². The van der Waals surface area contributed by atoms with Gasteiger partial charge in [0.15, 0.2) is 0 Å². The summed E-state index contributed by atoms with van der Waals surface area (Å²) in [5, 5.41) is 0. The Labute approximate surface area is 167 Å². The van der Waals surface area contributed by atoms with Crippen LogP contribution in [0, 0.1) is 6.92 Å². The minimum atomic E-state index is 0.230. The average Bonchev–Trinajstić information content (AvgIpc) is 2.73. The molecule has 28 heavy (non-hydrogen) atoms. The van der Waals surface area contributed by atoms with Crippen molar-refractivity contribution >= 4 is 5.91 Å². The zero-order chi connectivity index (χ0) is 19.8. The fourth-order valence-electron chi connectivity index (χ4n) is 3.43. The van der Waals surface area contributed by atoms with Crippen LogP contribution in [0.15, 0.2) is 48.5 Å². The number of carbonyl (C=O) groups excluding carboxylic acids is 1. The van der Waals surface area contributed by atoms with Crippen molar-refractivity contribution in [3.63, 3.8) is 0 Å². The zero-order valence-corrected chi connectivity index (χ0v) is 16.9. The monoisotopic (exact) mass is 382 g/mol. The van der Waals surface area contributed by atoms with E-state index in [1.807, 2.05) is 29.2 Å². The lowest BCUT2D eigenvalue weighted by atomic mass is 10.1. The van der Waals surface area contributed by atoms with Crippen molar-refractivity contribution in [2.24, 2.45) is 0 Å². The largest absolute Gasteiger partial charge is 0.497 e. The van der Waals surface area contributed by atoms with Crippen LogP contribution in [-0.2, 0) is 11.3 Å². The smallest absolute Gasteiger partial charge is 0.222 e. The van der Waals surface area contributed by atoms with Gasteiger partial charge in [-0.15, -0.1) is 0 Å². The molecule has 1 aliphatic heterocycles. The minimum absolute atomic E-state index is 0.230. The van der Waals surface area contributed by atoms with E-state index in [0.29, 0.717) is 13.0 Å². The van der Waals surface area contributed by atoms with Crippen LogP contribution in [0.3, 0.4) is 0 Å². The molecular formula is C23H30N2O3. The number of hydrogen-bond donors (Lipinski definition) is 0. The highest BCUT2D eigenvalue weighted by molar-refractivity contribution is 5.76.